The van der Waals surface area contributed by atoms with Crippen molar-refractivity contribution in [1.82, 2.24) is 4.98 Å². The Morgan fingerprint density at radius 1 is 0.893 bits per heavy atom. The first-order chi connectivity index (χ1) is 13.8. The summed E-state index contributed by atoms with van der Waals surface area (Å²) in [6.45, 7) is 0.671. The van der Waals surface area contributed by atoms with Crippen LogP contribution in [0.2, 0.25) is 0 Å². The monoisotopic (exact) mass is 369 g/mol. The van der Waals surface area contributed by atoms with Crippen LogP contribution in [0.3, 0.4) is 0 Å². The number of aliphatic imine (C=N–C) groups is 1. The van der Waals surface area contributed by atoms with Crippen LogP contribution in [0.25, 0.3) is 11.3 Å². The summed E-state index contributed by atoms with van der Waals surface area (Å²) in [6, 6.07) is 20.2. The summed E-state index contributed by atoms with van der Waals surface area (Å²) in [5.74, 6) is 2.82. The van der Waals surface area contributed by atoms with Crippen LogP contribution in [-0.4, -0.2) is 10.8 Å². The average Bonchev–Trinajstić information content (AvgIpc) is 3.39. The first-order valence-corrected chi connectivity index (χ1v) is 9.95. The molecule has 2 aromatic carbocycles. The Labute approximate surface area is 165 Å². The molecule has 1 fully saturated rings. The highest BCUT2D eigenvalue weighted by atomic mass is 16.5. The van der Waals surface area contributed by atoms with Gasteiger partial charge >= 0.3 is 0 Å². The molecule has 1 aromatic heterocycles. The number of hydrogen-bond acceptors (Lipinski definition) is 4. The molecule has 0 radical (unpaired) electrons. The largest absolute Gasteiger partial charge is 0.457 e. The summed E-state index contributed by atoms with van der Waals surface area (Å²) in [7, 11) is 0. The van der Waals surface area contributed by atoms with Crippen LogP contribution in [0.5, 0.6) is 11.5 Å². The third kappa shape index (κ3) is 3.15. The highest BCUT2D eigenvalue weighted by molar-refractivity contribution is 6.00. The summed E-state index contributed by atoms with van der Waals surface area (Å²) in [5, 5.41) is 0. The lowest BCUT2D eigenvalue weighted by molar-refractivity contribution is 0.483. The number of para-hydroxylation sites is 1. The van der Waals surface area contributed by atoms with Crippen molar-refractivity contribution in [3.05, 3.63) is 77.5 Å². The molecule has 0 amide bonds. The van der Waals surface area contributed by atoms with Gasteiger partial charge in [0.2, 0.25) is 0 Å². The number of rotatable bonds is 4. The molecule has 2 N–H and O–H groups in total. The van der Waals surface area contributed by atoms with Gasteiger partial charge in [0.25, 0.3) is 0 Å². The topological polar surface area (TPSA) is 60.5 Å². The number of pyridine rings is 1. The summed E-state index contributed by atoms with van der Waals surface area (Å²) in [6.07, 6.45) is 5.11. The molecular weight excluding hydrogens is 346 g/mol. The average molecular weight is 369 g/mol. The first kappa shape index (κ1) is 17.0. The maximum Gasteiger partial charge on any atom is 0.145 e. The van der Waals surface area contributed by atoms with Crippen molar-refractivity contribution in [3.63, 3.8) is 0 Å². The molecule has 140 valence electrons. The fourth-order valence-electron chi connectivity index (χ4n) is 4.28. The molecule has 28 heavy (non-hydrogen) atoms. The van der Waals surface area contributed by atoms with Crippen LogP contribution in [0.15, 0.2) is 65.7 Å². The van der Waals surface area contributed by atoms with Crippen molar-refractivity contribution in [1.29, 1.82) is 0 Å². The minimum absolute atomic E-state index is 0.570. The number of fused-ring (bicyclic) bond motifs is 1. The zero-order chi connectivity index (χ0) is 18.9. The minimum atomic E-state index is 0.570. The van der Waals surface area contributed by atoms with E-state index in [1.807, 2.05) is 42.5 Å². The van der Waals surface area contributed by atoms with Gasteiger partial charge in [-0.1, -0.05) is 31.0 Å². The van der Waals surface area contributed by atoms with Crippen molar-refractivity contribution in [2.24, 2.45) is 10.7 Å². The first-order valence-electron chi connectivity index (χ1n) is 9.95. The van der Waals surface area contributed by atoms with Crippen molar-refractivity contribution >= 4 is 5.84 Å². The van der Waals surface area contributed by atoms with Crippen LogP contribution in [0, 0.1) is 0 Å². The summed E-state index contributed by atoms with van der Waals surface area (Å²) < 4.78 is 5.91. The second-order valence-corrected chi connectivity index (χ2v) is 7.55. The molecule has 2 aliphatic rings. The summed E-state index contributed by atoms with van der Waals surface area (Å²) >= 11 is 0. The van der Waals surface area contributed by atoms with Crippen LogP contribution >= 0.6 is 0 Å². The van der Waals surface area contributed by atoms with Gasteiger partial charge in [0.1, 0.15) is 23.0 Å². The number of ether oxygens (including phenoxy) is 1. The molecule has 4 heteroatoms. The molecule has 4 nitrogen and oxygen atoms in total. The fraction of sp³-hybridized carbons (Fsp3) is 0.250. The van der Waals surface area contributed by atoms with Crippen molar-refractivity contribution < 1.29 is 4.74 Å². The Morgan fingerprint density at radius 3 is 2.36 bits per heavy atom. The number of amidine groups is 1. The van der Waals surface area contributed by atoms with Gasteiger partial charge in [0.15, 0.2) is 0 Å². The van der Waals surface area contributed by atoms with E-state index >= 15 is 0 Å². The Balaban J connectivity index is 1.48. The van der Waals surface area contributed by atoms with Gasteiger partial charge in [0.05, 0.1) is 12.2 Å². The standard InChI is InChI=1S/C24H23N3O/c25-24-23-21(15-26-24)20(16-6-4-5-7-16)14-22(27-23)17-10-12-19(13-11-17)28-18-8-2-1-3-9-18/h1-3,8-14,16H,4-7,15H2,(H2,25,26). The SMILES string of the molecule is NC1=NCc2c(C3CCCC3)cc(-c3ccc(Oc4ccccc4)cc3)nc21. The maximum atomic E-state index is 6.14. The van der Waals surface area contributed by atoms with E-state index in [9.17, 15) is 0 Å². The van der Waals surface area contributed by atoms with Gasteiger partial charge in [-0.2, -0.15) is 0 Å². The number of benzene rings is 2. The summed E-state index contributed by atoms with van der Waals surface area (Å²) in [5.41, 5.74) is 11.7. The Kier molecular flexibility index (Phi) is 4.32. The zero-order valence-electron chi connectivity index (χ0n) is 15.8. The van der Waals surface area contributed by atoms with E-state index in [1.165, 1.54) is 36.8 Å². The lowest BCUT2D eigenvalue weighted by atomic mass is 9.91. The van der Waals surface area contributed by atoms with Gasteiger partial charge in [0, 0.05) is 11.1 Å². The van der Waals surface area contributed by atoms with E-state index in [1.54, 1.807) is 0 Å². The molecule has 5 rings (SSSR count). The van der Waals surface area contributed by atoms with E-state index < -0.39 is 0 Å². The molecule has 3 aromatic rings. The van der Waals surface area contributed by atoms with Crippen LogP contribution in [0.1, 0.15) is 48.4 Å². The quantitative estimate of drug-likeness (QED) is 0.668. The minimum Gasteiger partial charge on any atom is -0.457 e. The predicted molar refractivity (Wildman–Crippen MR) is 112 cm³/mol. The van der Waals surface area contributed by atoms with E-state index in [4.69, 9.17) is 15.5 Å². The lowest BCUT2D eigenvalue weighted by Gasteiger charge is -2.16. The van der Waals surface area contributed by atoms with Gasteiger partial charge in [-0.25, -0.2) is 4.98 Å². The Hall–Kier alpha value is -3.14. The highest BCUT2D eigenvalue weighted by Gasteiger charge is 2.26. The van der Waals surface area contributed by atoms with E-state index in [-0.39, 0.29) is 0 Å². The molecule has 1 aliphatic heterocycles. The van der Waals surface area contributed by atoms with Crippen LogP contribution in [-0.2, 0) is 6.54 Å². The molecule has 0 saturated heterocycles. The zero-order valence-corrected chi connectivity index (χ0v) is 15.8. The second kappa shape index (κ2) is 7.12. The number of hydrogen-bond donors (Lipinski definition) is 1. The number of aromatic nitrogens is 1. The van der Waals surface area contributed by atoms with Crippen molar-refractivity contribution in [2.45, 2.75) is 38.1 Å². The van der Waals surface area contributed by atoms with Crippen LogP contribution in [0.4, 0.5) is 0 Å². The molecular formula is C24H23N3O. The van der Waals surface area contributed by atoms with E-state index in [0.717, 1.165) is 28.5 Å². The lowest BCUT2D eigenvalue weighted by Crippen LogP contribution is -2.14. The van der Waals surface area contributed by atoms with Crippen molar-refractivity contribution in [3.8, 4) is 22.8 Å². The number of nitrogens with zero attached hydrogens (tertiary/aromatic N) is 2. The molecule has 0 bridgehead atoms. The highest BCUT2D eigenvalue weighted by Crippen LogP contribution is 2.39. The van der Waals surface area contributed by atoms with Gasteiger partial charge in [-0.3, -0.25) is 4.99 Å². The third-order valence-electron chi connectivity index (χ3n) is 5.73. The molecule has 1 saturated carbocycles. The molecule has 1 aliphatic carbocycles. The van der Waals surface area contributed by atoms with Crippen molar-refractivity contribution in [2.75, 3.05) is 0 Å². The fourth-order valence-corrected chi connectivity index (χ4v) is 4.28. The Morgan fingerprint density at radius 2 is 1.61 bits per heavy atom. The molecule has 0 atom stereocenters. The number of nitrogens with two attached hydrogens (primary N) is 1. The van der Waals surface area contributed by atoms with E-state index in [0.29, 0.717) is 18.3 Å². The Bertz CT molecular complexity index is 1020. The van der Waals surface area contributed by atoms with Gasteiger partial charge < -0.3 is 10.5 Å². The smallest absolute Gasteiger partial charge is 0.145 e. The molecule has 0 spiro atoms. The van der Waals surface area contributed by atoms with Gasteiger partial charge in [-0.15, -0.1) is 0 Å². The normalized spacial score (nSPS) is 16.1. The molecule has 0 unspecified atom stereocenters. The van der Waals surface area contributed by atoms with Gasteiger partial charge in [-0.05, 0) is 66.8 Å². The van der Waals surface area contributed by atoms with E-state index in [2.05, 4.69) is 23.2 Å². The summed E-state index contributed by atoms with van der Waals surface area (Å²) in [4.78, 5) is 9.30. The van der Waals surface area contributed by atoms with Crippen LogP contribution < -0.4 is 10.5 Å². The molecule has 2 heterocycles. The third-order valence-corrected chi connectivity index (χ3v) is 5.73. The maximum absolute atomic E-state index is 6.14. The second-order valence-electron chi connectivity index (χ2n) is 7.55. The predicted octanol–water partition coefficient (Wildman–Crippen LogP) is 5.42.